The average Bonchev–Trinajstić information content (AvgIpc) is 3.20. The van der Waals surface area contributed by atoms with E-state index in [9.17, 15) is 9.90 Å². The molecule has 4 heteroatoms. The Labute approximate surface area is 197 Å². The molecule has 5 rings (SSSR count). The molecule has 3 aromatic rings. The molecule has 3 unspecified atom stereocenters. The Morgan fingerprint density at radius 2 is 1.69 bits per heavy atom. The number of hydrogen-bond acceptors (Lipinski definition) is 3. The first-order chi connectivity index (χ1) is 15.6. The fourth-order valence-corrected chi connectivity index (χ4v) is 6.11. The zero-order valence-corrected chi connectivity index (χ0v) is 19.4. The van der Waals surface area contributed by atoms with Gasteiger partial charge < -0.3 is 9.90 Å². The second-order valence-electron chi connectivity index (χ2n) is 8.90. The molecule has 1 aliphatic heterocycles. The molecule has 0 N–H and O–H groups in total. The summed E-state index contributed by atoms with van der Waals surface area (Å²) < 4.78 is 0.999. The van der Waals surface area contributed by atoms with Crippen LogP contribution in [0.1, 0.15) is 29.0 Å². The number of carboxylic acid groups (broad SMARTS) is 1. The number of carboxylic acids is 1. The van der Waals surface area contributed by atoms with E-state index in [1.807, 2.05) is 48.5 Å². The van der Waals surface area contributed by atoms with Crippen LogP contribution in [0.4, 0.5) is 0 Å². The van der Waals surface area contributed by atoms with Crippen molar-refractivity contribution < 1.29 is 9.90 Å². The van der Waals surface area contributed by atoms with Gasteiger partial charge in [-0.3, -0.25) is 4.90 Å². The van der Waals surface area contributed by atoms with Gasteiger partial charge in [0, 0.05) is 41.4 Å². The van der Waals surface area contributed by atoms with Crippen LogP contribution in [0.3, 0.4) is 0 Å². The van der Waals surface area contributed by atoms with Crippen molar-refractivity contribution in [3.05, 3.63) is 112 Å². The molecule has 1 fully saturated rings. The summed E-state index contributed by atoms with van der Waals surface area (Å²) in [5, 5.41) is 13.0. The average molecular weight is 487 g/mol. The highest BCUT2D eigenvalue weighted by Gasteiger charge is 2.55. The first-order valence-corrected chi connectivity index (χ1v) is 11.9. The van der Waals surface area contributed by atoms with Gasteiger partial charge in [-0.1, -0.05) is 94.8 Å². The Morgan fingerprint density at radius 3 is 2.38 bits per heavy atom. The van der Waals surface area contributed by atoms with Crippen LogP contribution in [-0.2, 0) is 11.3 Å². The van der Waals surface area contributed by atoms with E-state index in [-0.39, 0.29) is 11.8 Å². The molecule has 3 nitrogen and oxygen atoms in total. The second kappa shape index (κ2) is 8.68. The number of halogens is 1. The highest BCUT2D eigenvalue weighted by atomic mass is 79.9. The lowest BCUT2D eigenvalue weighted by atomic mass is 9.59. The molecule has 1 saturated heterocycles. The lowest BCUT2D eigenvalue weighted by Gasteiger charge is -2.46. The molecule has 3 atom stereocenters. The van der Waals surface area contributed by atoms with Gasteiger partial charge in [-0.25, -0.2) is 0 Å². The molecule has 0 bridgehead atoms. The summed E-state index contributed by atoms with van der Waals surface area (Å²) in [6.45, 7) is 1.92. The Balaban J connectivity index is 1.60. The molecular formula is C28H25BrNO2-. The minimum absolute atomic E-state index is 0.115. The van der Waals surface area contributed by atoms with Crippen LogP contribution >= 0.6 is 15.9 Å². The summed E-state index contributed by atoms with van der Waals surface area (Å²) in [5.41, 5.74) is 3.51. The van der Waals surface area contributed by atoms with Gasteiger partial charge in [-0.2, -0.15) is 0 Å². The lowest BCUT2D eigenvalue weighted by molar-refractivity contribution is -0.321. The van der Waals surface area contributed by atoms with Gasteiger partial charge in [0.2, 0.25) is 0 Å². The van der Waals surface area contributed by atoms with Crippen molar-refractivity contribution in [1.82, 2.24) is 4.90 Å². The van der Waals surface area contributed by atoms with Crippen LogP contribution in [-0.4, -0.2) is 24.0 Å². The van der Waals surface area contributed by atoms with E-state index in [1.54, 1.807) is 0 Å². The number of aliphatic carboxylic acids is 1. The van der Waals surface area contributed by atoms with Crippen molar-refractivity contribution in [2.45, 2.75) is 18.9 Å². The summed E-state index contributed by atoms with van der Waals surface area (Å²) in [6.07, 6.45) is 2.95. The number of allylic oxidation sites excluding steroid dienone is 1. The third-order valence-electron chi connectivity index (χ3n) is 7.11. The molecule has 0 amide bonds. The number of carbonyl (C=O) groups is 1. The largest absolute Gasteiger partial charge is 0.549 e. The van der Waals surface area contributed by atoms with E-state index in [1.165, 1.54) is 5.56 Å². The maximum Gasteiger partial charge on any atom is 0.0501 e. The fraction of sp³-hybridized carbons (Fsp3) is 0.250. The van der Waals surface area contributed by atoms with Crippen LogP contribution in [0, 0.1) is 11.3 Å². The molecule has 0 radical (unpaired) electrons. The van der Waals surface area contributed by atoms with Crippen molar-refractivity contribution in [2.24, 2.45) is 11.3 Å². The molecule has 2 aliphatic rings. The van der Waals surface area contributed by atoms with Gasteiger partial charge in [0.1, 0.15) is 0 Å². The molecule has 3 aromatic carbocycles. The molecule has 0 saturated carbocycles. The Morgan fingerprint density at radius 1 is 0.969 bits per heavy atom. The van der Waals surface area contributed by atoms with Gasteiger partial charge in [0.15, 0.2) is 0 Å². The smallest absolute Gasteiger partial charge is 0.0501 e. The SMILES string of the molecule is O=C([O-])C12CN(Cc3ccccc3)CC1C(c1cccc(Br)c1)=CCC2c1ccccc1. The van der Waals surface area contributed by atoms with E-state index in [0.29, 0.717) is 19.5 Å². The second-order valence-corrected chi connectivity index (χ2v) is 9.82. The maximum atomic E-state index is 13.0. The van der Waals surface area contributed by atoms with Crippen molar-refractivity contribution in [3.63, 3.8) is 0 Å². The predicted octanol–water partition coefficient (Wildman–Crippen LogP) is 4.89. The first-order valence-electron chi connectivity index (χ1n) is 11.1. The number of carbonyl (C=O) groups excluding carboxylic acids is 1. The lowest BCUT2D eigenvalue weighted by Crippen LogP contribution is -2.53. The minimum atomic E-state index is -0.970. The van der Waals surface area contributed by atoms with Crippen LogP contribution in [0.5, 0.6) is 0 Å². The van der Waals surface area contributed by atoms with Crippen LogP contribution in [0.2, 0.25) is 0 Å². The van der Waals surface area contributed by atoms with Crippen molar-refractivity contribution >= 4 is 27.5 Å². The molecule has 0 aromatic heterocycles. The third-order valence-corrected chi connectivity index (χ3v) is 7.60. The Bertz CT molecular complexity index is 1140. The van der Waals surface area contributed by atoms with Crippen LogP contribution < -0.4 is 5.11 Å². The third kappa shape index (κ3) is 3.72. The number of rotatable bonds is 5. The number of fused-ring (bicyclic) bond motifs is 1. The monoisotopic (exact) mass is 486 g/mol. The highest BCUT2D eigenvalue weighted by molar-refractivity contribution is 9.10. The number of benzene rings is 3. The topological polar surface area (TPSA) is 43.4 Å². The molecule has 0 spiro atoms. The zero-order valence-electron chi connectivity index (χ0n) is 17.8. The van der Waals surface area contributed by atoms with Gasteiger partial charge >= 0.3 is 0 Å². The van der Waals surface area contributed by atoms with Crippen molar-refractivity contribution in [2.75, 3.05) is 13.1 Å². The highest BCUT2D eigenvalue weighted by Crippen LogP contribution is 2.56. The van der Waals surface area contributed by atoms with E-state index >= 15 is 0 Å². The van der Waals surface area contributed by atoms with Gasteiger partial charge in [-0.15, -0.1) is 0 Å². The predicted molar refractivity (Wildman–Crippen MR) is 129 cm³/mol. The molecule has 162 valence electrons. The van der Waals surface area contributed by atoms with Crippen LogP contribution in [0.15, 0.2) is 95.5 Å². The summed E-state index contributed by atoms with van der Waals surface area (Å²) in [5.74, 6) is -1.19. The minimum Gasteiger partial charge on any atom is -0.549 e. The summed E-state index contributed by atoms with van der Waals surface area (Å²) >= 11 is 3.58. The van der Waals surface area contributed by atoms with Crippen molar-refractivity contribution in [1.29, 1.82) is 0 Å². The maximum absolute atomic E-state index is 13.0. The Hall–Kier alpha value is -2.69. The van der Waals surface area contributed by atoms with Gasteiger partial charge in [0.25, 0.3) is 0 Å². The number of hydrogen-bond donors (Lipinski definition) is 0. The zero-order chi connectivity index (χ0) is 22.1. The van der Waals surface area contributed by atoms with E-state index in [2.05, 4.69) is 63.3 Å². The van der Waals surface area contributed by atoms with Crippen LogP contribution in [0.25, 0.3) is 5.57 Å². The normalized spacial score (nSPS) is 25.2. The Kier molecular flexibility index (Phi) is 5.75. The van der Waals surface area contributed by atoms with E-state index < -0.39 is 11.4 Å². The van der Waals surface area contributed by atoms with E-state index in [4.69, 9.17) is 0 Å². The summed E-state index contributed by atoms with van der Waals surface area (Å²) in [7, 11) is 0. The van der Waals surface area contributed by atoms with E-state index in [0.717, 1.165) is 27.7 Å². The quantitative estimate of drug-likeness (QED) is 0.515. The van der Waals surface area contributed by atoms with Gasteiger partial charge in [0.05, 0.1) is 5.97 Å². The molecular weight excluding hydrogens is 462 g/mol. The summed E-state index contributed by atoms with van der Waals surface area (Å²) in [4.78, 5) is 15.3. The fourth-order valence-electron chi connectivity index (χ4n) is 5.71. The molecule has 1 heterocycles. The van der Waals surface area contributed by atoms with Crippen molar-refractivity contribution in [3.8, 4) is 0 Å². The standard InChI is InChI=1S/C28H26BrNO2/c29-23-13-7-12-22(16-23)24-14-15-25(21-10-5-2-6-11-21)28(27(31)32)19-30(18-26(24)28)17-20-8-3-1-4-9-20/h1-14,16,25-26H,15,17-19H2,(H,31,32)/p-1. The number of nitrogens with zero attached hydrogens (tertiary/aromatic N) is 1. The van der Waals surface area contributed by atoms with Gasteiger partial charge in [-0.05, 0) is 40.8 Å². The number of likely N-dealkylation sites (tertiary alicyclic amines) is 1. The molecule has 1 aliphatic carbocycles. The molecule has 32 heavy (non-hydrogen) atoms. The summed E-state index contributed by atoms with van der Waals surface area (Å²) in [6, 6.07) is 28.6. The first kappa shape index (κ1) is 21.2.